The molecule has 124 valence electrons. The fourth-order valence-corrected chi connectivity index (χ4v) is 4.17. The van der Waals surface area contributed by atoms with E-state index < -0.39 is 10.0 Å². The predicted molar refractivity (Wildman–Crippen MR) is 88.8 cm³/mol. The molecule has 2 rings (SSSR count). The molecule has 0 aromatic heterocycles. The van der Waals surface area contributed by atoms with Crippen molar-refractivity contribution in [3.8, 4) is 0 Å². The van der Waals surface area contributed by atoms with Gasteiger partial charge >= 0.3 is 0 Å². The highest BCUT2D eigenvalue weighted by Gasteiger charge is 2.30. The molecule has 0 amide bonds. The van der Waals surface area contributed by atoms with E-state index in [1.165, 1.54) is 12.1 Å². The zero-order chi connectivity index (χ0) is 15.5. The SMILES string of the molecule is CCC(=O)c1cccc(S(=O)(=O)NC2CCCC2CN)c1.Cl. The molecule has 1 aliphatic rings. The number of nitrogens with two attached hydrogens (primary N) is 1. The number of Topliss-reactive ketones (excluding diaryl/α,β-unsaturated/α-hetero) is 1. The first-order valence-electron chi connectivity index (χ1n) is 7.33. The van der Waals surface area contributed by atoms with Crippen molar-refractivity contribution in [2.75, 3.05) is 6.54 Å². The Bertz CT molecular complexity index is 619. The summed E-state index contributed by atoms with van der Waals surface area (Å²) in [5, 5.41) is 0. The Balaban J connectivity index is 0.00000242. The molecule has 7 heteroatoms. The summed E-state index contributed by atoms with van der Waals surface area (Å²) in [4.78, 5) is 11.8. The molecule has 2 unspecified atom stereocenters. The van der Waals surface area contributed by atoms with Crippen LogP contribution < -0.4 is 10.5 Å². The number of rotatable bonds is 6. The Kier molecular flexibility index (Phi) is 6.99. The van der Waals surface area contributed by atoms with Gasteiger partial charge in [0.05, 0.1) is 4.90 Å². The lowest BCUT2D eigenvalue weighted by Gasteiger charge is -2.19. The van der Waals surface area contributed by atoms with Gasteiger partial charge in [-0.25, -0.2) is 13.1 Å². The molecule has 2 atom stereocenters. The molecule has 0 spiro atoms. The minimum Gasteiger partial charge on any atom is -0.330 e. The third-order valence-electron chi connectivity index (χ3n) is 4.06. The van der Waals surface area contributed by atoms with Crippen LogP contribution in [0.15, 0.2) is 29.2 Å². The minimum absolute atomic E-state index is 0. The van der Waals surface area contributed by atoms with Gasteiger partial charge in [-0.1, -0.05) is 25.5 Å². The summed E-state index contributed by atoms with van der Waals surface area (Å²) in [7, 11) is -3.61. The highest BCUT2D eigenvalue weighted by Crippen LogP contribution is 2.26. The second-order valence-electron chi connectivity index (χ2n) is 5.46. The lowest BCUT2D eigenvalue weighted by Crippen LogP contribution is -2.39. The Morgan fingerprint density at radius 3 is 2.73 bits per heavy atom. The maximum atomic E-state index is 12.4. The maximum absolute atomic E-state index is 12.4. The highest BCUT2D eigenvalue weighted by atomic mass is 35.5. The molecular weight excluding hydrogens is 324 g/mol. The van der Waals surface area contributed by atoms with E-state index in [1.807, 2.05) is 0 Å². The van der Waals surface area contributed by atoms with Crippen molar-refractivity contribution in [3.05, 3.63) is 29.8 Å². The lowest BCUT2D eigenvalue weighted by atomic mass is 10.1. The van der Waals surface area contributed by atoms with Crippen molar-refractivity contribution < 1.29 is 13.2 Å². The number of halogens is 1. The smallest absolute Gasteiger partial charge is 0.240 e. The van der Waals surface area contributed by atoms with Crippen LogP contribution in [0.2, 0.25) is 0 Å². The van der Waals surface area contributed by atoms with Gasteiger partial charge in [0.25, 0.3) is 0 Å². The van der Waals surface area contributed by atoms with Gasteiger partial charge in [-0.15, -0.1) is 12.4 Å². The van der Waals surface area contributed by atoms with E-state index >= 15 is 0 Å². The van der Waals surface area contributed by atoms with Crippen molar-refractivity contribution in [1.82, 2.24) is 4.72 Å². The number of hydrogen-bond donors (Lipinski definition) is 2. The van der Waals surface area contributed by atoms with Gasteiger partial charge in [0.15, 0.2) is 5.78 Å². The van der Waals surface area contributed by atoms with Crippen LogP contribution >= 0.6 is 12.4 Å². The summed E-state index contributed by atoms with van der Waals surface area (Å²) in [5.41, 5.74) is 6.12. The van der Waals surface area contributed by atoms with E-state index in [9.17, 15) is 13.2 Å². The van der Waals surface area contributed by atoms with Crippen LogP contribution in [0, 0.1) is 5.92 Å². The van der Waals surface area contributed by atoms with E-state index in [1.54, 1.807) is 19.1 Å². The van der Waals surface area contributed by atoms with Gasteiger partial charge in [-0.05, 0) is 37.4 Å². The Morgan fingerprint density at radius 2 is 2.09 bits per heavy atom. The third kappa shape index (κ3) is 4.29. The molecule has 1 saturated carbocycles. The summed E-state index contributed by atoms with van der Waals surface area (Å²) < 4.78 is 27.6. The van der Waals surface area contributed by atoms with Crippen LogP contribution in [0.1, 0.15) is 43.0 Å². The zero-order valence-corrected chi connectivity index (χ0v) is 14.3. The molecule has 1 fully saturated rings. The van der Waals surface area contributed by atoms with E-state index in [4.69, 9.17) is 5.73 Å². The number of nitrogens with one attached hydrogen (secondary N) is 1. The van der Waals surface area contributed by atoms with Gasteiger partial charge in [0.2, 0.25) is 10.0 Å². The fraction of sp³-hybridized carbons (Fsp3) is 0.533. The fourth-order valence-electron chi connectivity index (χ4n) is 2.78. The van der Waals surface area contributed by atoms with Crippen LogP contribution in [-0.2, 0) is 10.0 Å². The van der Waals surface area contributed by atoms with Crippen LogP contribution in [-0.4, -0.2) is 26.8 Å². The monoisotopic (exact) mass is 346 g/mol. The van der Waals surface area contributed by atoms with Crippen LogP contribution in [0.4, 0.5) is 0 Å². The van der Waals surface area contributed by atoms with Crippen molar-refractivity contribution >= 4 is 28.2 Å². The quantitative estimate of drug-likeness (QED) is 0.772. The van der Waals surface area contributed by atoms with Crippen LogP contribution in [0.5, 0.6) is 0 Å². The molecule has 0 heterocycles. The van der Waals surface area contributed by atoms with Gasteiger partial charge in [-0.2, -0.15) is 0 Å². The number of carbonyl (C=O) groups excluding carboxylic acids is 1. The average molecular weight is 347 g/mol. The van der Waals surface area contributed by atoms with E-state index in [0.717, 1.165) is 19.3 Å². The Hall–Kier alpha value is -0.950. The average Bonchev–Trinajstić information content (AvgIpc) is 2.93. The first-order valence-corrected chi connectivity index (χ1v) is 8.82. The van der Waals surface area contributed by atoms with Gasteiger partial charge in [0, 0.05) is 18.0 Å². The van der Waals surface area contributed by atoms with Crippen LogP contribution in [0.3, 0.4) is 0 Å². The minimum atomic E-state index is -3.61. The van der Waals surface area contributed by atoms with Crippen molar-refractivity contribution in [2.45, 2.75) is 43.5 Å². The zero-order valence-electron chi connectivity index (χ0n) is 12.6. The van der Waals surface area contributed by atoms with Gasteiger partial charge in [-0.3, -0.25) is 4.79 Å². The molecule has 0 radical (unpaired) electrons. The number of benzene rings is 1. The molecule has 0 aliphatic heterocycles. The first kappa shape index (κ1) is 19.1. The van der Waals surface area contributed by atoms with E-state index in [-0.39, 0.29) is 35.0 Å². The van der Waals surface area contributed by atoms with Gasteiger partial charge in [0.1, 0.15) is 0 Å². The molecular formula is C15H23ClN2O3S. The Labute approximate surface area is 138 Å². The molecule has 1 aromatic rings. The highest BCUT2D eigenvalue weighted by molar-refractivity contribution is 7.89. The molecule has 22 heavy (non-hydrogen) atoms. The summed E-state index contributed by atoms with van der Waals surface area (Å²) >= 11 is 0. The lowest BCUT2D eigenvalue weighted by molar-refractivity contribution is 0.0988. The normalized spacial score (nSPS) is 21.4. The summed E-state index contributed by atoms with van der Waals surface area (Å²) in [5.74, 6) is 0.132. The number of ketones is 1. The molecule has 1 aliphatic carbocycles. The molecule has 3 N–H and O–H groups in total. The third-order valence-corrected chi connectivity index (χ3v) is 5.54. The maximum Gasteiger partial charge on any atom is 0.240 e. The Morgan fingerprint density at radius 1 is 1.36 bits per heavy atom. The number of carbonyl (C=O) groups is 1. The molecule has 0 bridgehead atoms. The second-order valence-corrected chi connectivity index (χ2v) is 7.17. The van der Waals surface area contributed by atoms with E-state index in [0.29, 0.717) is 18.5 Å². The molecule has 0 saturated heterocycles. The number of sulfonamides is 1. The topological polar surface area (TPSA) is 89.3 Å². The van der Waals surface area contributed by atoms with Gasteiger partial charge < -0.3 is 5.73 Å². The van der Waals surface area contributed by atoms with Crippen molar-refractivity contribution in [2.24, 2.45) is 11.7 Å². The summed E-state index contributed by atoms with van der Waals surface area (Å²) in [6.07, 6.45) is 3.12. The van der Waals surface area contributed by atoms with Crippen molar-refractivity contribution in [1.29, 1.82) is 0 Å². The number of hydrogen-bond acceptors (Lipinski definition) is 4. The summed E-state index contributed by atoms with van der Waals surface area (Å²) in [6.45, 7) is 2.24. The summed E-state index contributed by atoms with van der Waals surface area (Å²) in [6, 6.07) is 6.10. The van der Waals surface area contributed by atoms with Crippen LogP contribution in [0.25, 0.3) is 0 Å². The first-order chi connectivity index (χ1) is 9.97. The predicted octanol–water partition coefficient (Wildman–Crippen LogP) is 2.11. The van der Waals surface area contributed by atoms with Crippen molar-refractivity contribution in [3.63, 3.8) is 0 Å². The second kappa shape index (κ2) is 8.06. The molecule has 5 nitrogen and oxygen atoms in total. The standard InChI is InChI=1S/C15H22N2O3S.ClH/c1-2-15(18)11-5-3-7-13(9-11)21(19,20)17-14-8-4-6-12(14)10-16;/h3,5,7,9,12,14,17H,2,4,6,8,10,16H2,1H3;1H. The van der Waals surface area contributed by atoms with E-state index in [2.05, 4.69) is 4.72 Å². The largest absolute Gasteiger partial charge is 0.330 e. The molecule has 1 aromatic carbocycles.